The highest BCUT2D eigenvalue weighted by atomic mass is 32.1. The van der Waals surface area contributed by atoms with Gasteiger partial charge in [-0.05, 0) is 62.9 Å². The van der Waals surface area contributed by atoms with Gasteiger partial charge in [-0.15, -0.1) is 11.3 Å². The van der Waals surface area contributed by atoms with Crippen molar-refractivity contribution >= 4 is 64.2 Å². The van der Waals surface area contributed by atoms with Crippen LogP contribution in [0.5, 0.6) is 0 Å². The van der Waals surface area contributed by atoms with Gasteiger partial charge in [0.25, 0.3) is 0 Å². The Hall–Kier alpha value is -6.10. The third kappa shape index (κ3) is 4.65. The Labute approximate surface area is 312 Å². The molecule has 11 rings (SSSR count). The standard InChI is InChI=1S/C47H31N3S.C2H6/c1-47(2)38-21-10-8-17-33(38)34-24-23-31(26-39(34)47)32-19-12-20-35-37-25-29-15-6-7-16-30(29)27-40(37)50(44(32)35)46-48-42(28-13-4-3-5-14-28)45-43(49-46)36-18-9-11-22-41(36)51-45;1-2/h3-27H,1-2H3;1-2H3. The first-order valence-corrected chi connectivity index (χ1v) is 19.3. The summed E-state index contributed by atoms with van der Waals surface area (Å²) in [7, 11) is 0. The number of hydrogen-bond acceptors (Lipinski definition) is 3. The maximum atomic E-state index is 5.49. The van der Waals surface area contributed by atoms with E-state index in [0.29, 0.717) is 5.95 Å². The third-order valence-corrected chi connectivity index (χ3v) is 12.2. The Bertz CT molecular complexity index is 3060. The molecule has 1 aliphatic rings. The maximum Gasteiger partial charge on any atom is 0.235 e. The molecular formula is C49H37N3S. The molecule has 3 heterocycles. The van der Waals surface area contributed by atoms with E-state index in [0.717, 1.165) is 37.9 Å². The summed E-state index contributed by atoms with van der Waals surface area (Å²) < 4.78 is 4.66. The van der Waals surface area contributed by atoms with E-state index in [9.17, 15) is 0 Å². The van der Waals surface area contributed by atoms with E-state index >= 15 is 0 Å². The van der Waals surface area contributed by atoms with E-state index in [1.807, 2.05) is 13.8 Å². The topological polar surface area (TPSA) is 30.7 Å². The summed E-state index contributed by atoms with van der Waals surface area (Å²) in [6.07, 6.45) is 0. The van der Waals surface area contributed by atoms with E-state index < -0.39 is 0 Å². The van der Waals surface area contributed by atoms with Crippen molar-refractivity contribution in [3.63, 3.8) is 0 Å². The molecule has 10 aromatic rings. The lowest BCUT2D eigenvalue weighted by atomic mass is 9.81. The Morgan fingerprint density at radius 2 is 1.21 bits per heavy atom. The molecule has 0 unspecified atom stereocenters. The molecule has 3 nitrogen and oxygen atoms in total. The van der Waals surface area contributed by atoms with Gasteiger partial charge < -0.3 is 0 Å². The molecule has 0 saturated carbocycles. The zero-order valence-corrected chi connectivity index (χ0v) is 31.0. The van der Waals surface area contributed by atoms with E-state index in [1.54, 1.807) is 11.3 Å². The van der Waals surface area contributed by atoms with Gasteiger partial charge in [0.1, 0.15) is 0 Å². The number of benzene rings is 7. The average molecular weight is 700 g/mol. The molecule has 53 heavy (non-hydrogen) atoms. The first-order valence-electron chi connectivity index (χ1n) is 18.5. The summed E-state index contributed by atoms with van der Waals surface area (Å²) in [6, 6.07) is 55.1. The van der Waals surface area contributed by atoms with Crippen LogP contribution in [0.1, 0.15) is 38.8 Å². The number of rotatable bonds is 3. The number of aromatic nitrogens is 3. The Morgan fingerprint density at radius 1 is 0.528 bits per heavy atom. The van der Waals surface area contributed by atoms with Crippen molar-refractivity contribution in [1.82, 2.24) is 14.5 Å². The zero-order chi connectivity index (χ0) is 35.8. The van der Waals surface area contributed by atoms with Gasteiger partial charge in [-0.1, -0.05) is 155 Å². The number of hydrogen-bond donors (Lipinski definition) is 0. The molecule has 0 spiro atoms. The summed E-state index contributed by atoms with van der Waals surface area (Å²) in [5.41, 5.74) is 12.9. The van der Waals surface area contributed by atoms with Gasteiger partial charge >= 0.3 is 0 Å². The summed E-state index contributed by atoms with van der Waals surface area (Å²) in [4.78, 5) is 11.0. The second-order valence-electron chi connectivity index (χ2n) is 14.2. The van der Waals surface area contributed by atoms with E-state index in [4.69, 9.17) is 9.97 Å². The summed E-state index contributed by atoms with van der Waals surface area (Å²) in [6.45, 7) is 8.70. The number of fused-ring (bicyclic) bond motifs is 10. The quantitative estimate of drug-likeness (QED) is 0.184. The predicted molar refractivity (Wildman–Crippen MR) is 227 cm³/mol. The van der Waals surface area contributed by atoms with Gasteiger partial charge in [0, 0.05) is 37.4 Å². The van der Waals surface area contributed by atoms with Crippen LogP contribution in [0.25, 0.3) is 92.3 Å². The smallest absolute Gasteiger partial charge is 0.235 e. The monoisotopic (exact) mass is 699 g/mol. The van der Waals surface area contributed by atoms with Crippen LogP contribution in [-0.4, -0.2) is 14.5 Å². The van der Waals surface area contributed by atoms with Crippen LogP contribution in [-0.2, 0) is 5.41 Å². The van der Waals surface area contributed by atoms with Crippen LogP contribution in [0.4, 0.5) is 0 Å². The highest BCUT2D eigenvalue weighted by Gasteiger charge is 2.35. The fraction of sp³-hybridized carbons (Fsp3) is 0.102. The molecule has 0 fully saturated rings. The number of para-hydroxylation sites is 1. The molecule has 4 heteroatoms. The lowest BCUT2D eigenvalue weighted by molar-refractivity contribution is 0.660. The summed E-state index contributed by atoms with van der Waals surface area (Å²) in [5.74, 6) is 0.682. The van der Waals surface area contributed by atoms with Gasteiger partial charge in [0.2, 0.25) is 5.95 Å². The maximum absolute atomic E-state index is 5.49. The molecule has 1 aliphatic carbocycles. The number of thiophene rings is 1. The van der Waals surface area contributed by atoms with Gasteiger partial charge in [0.05, 0.1) is 26.9 Å². The van der Waals surface area contributed by atoms with Crippen molar-refractivity contribution in [2.45, 2.75) is 33.1 Å². The van der Waals surface area contributed by atoms with Crippen molar-refractivity contribution in [2.75, 3.05) is 0 Å². The molecule has 3 aromatic heterocycles. The van der Waals surface area contributed by atoms with Crippen molar-refractivity contribution in [2.24, 2.45) is 0 Å². The molecule has 254 valence electrons. The largest absolute Gasteiger partial charge is 0.277 e. The molecule has 0 N–H and O–H groups in total. The number of nitrogens with zero attached hydrogens (tertiary/aromatic N) is 3. The average Bonchev–Trinajstić information content (AvgIpc) is 3.83. The van der Waals surface area contributed by atoms with Gasteiger partial charge in [0.15, 0.2) is 0 Å². The Balaban J connectivity index is 0.00000172. The first kappa shape index (κ1) is 31.6. The minimum Gasteiger partial charge on any atom is -0.277 e. The second-order valence-corrected chi connectivity index (χ2v) is 15.3. The second kappa shape index (κ2) is 12.0. The first-order chi connectivity index (χ1) is 26.0. The van der Waals surface area contributed by atoms with E-state index in [-0.39, 0.29) is 5.41 Å². The highest BCUT2D eigenvalue weighted by Crippen LogP contribution is 2.50. The molecule has 0 bridgehead atoms. The lowest BCUT2D eigenvalue weighted by Crippen LogP contribution is -2.14. The predicted octanol–water partition coefficient (Wildman–Crippen LogP) is 13.8. The van der Waals surface area contributed by atoms with Crippen LogP contribution in [0, 0.1) is 0 Å². The Kier molecular flexibility index (Phi) is 7.15. The molecule has 7 aromatic carbocycles. The van der Waals surface area contributed by atoms with Crippen LogP contribution in [0.2, 0.25) is 0 Å². The molecule has 0 amide bonds. The fourth-order valence-electron chi connectivity index (χ4n) is 8.53. The molecular weight excluding hydrogens is 663 g/mol. The lowest BCUT2D eigenvalue weighted by Gasteiger charge is -2.22. The van der Waals surface area contributed by atoms with Crippen LogP contribution in [0.3, 0.4) is 0 Å². The molecule has 0 atom stereocenters. The van der Waals surface area contributed by atoms with Crippen molar-refractivity contribution in [3.8, 4) is 39.5 Å². The van der Waals surface area contributed by atoms with Gasteiger partial charge in [-0.2, -0.15) is 0 Å². The fourth-order valence-corrected chi connectivity index (χ4v) is 9.69. The normalized spacial score (nSPS) is 13.1. The minimum atomic E-state index is -0.0982. The van der Waals surface area contributed by atoms with Gasteiger partial charge in [-0.3, -0.25) is 4.57 Å². The minimum absolute atomic E-state index is 0.0982. The third-order valence-electron chi connectivity index (χ3n) is 11.0. The molecule has 0 saturated heterocycles. The van der Waals surface area contributed by atoms with Crippen molar-refractivity contribution < 1.29 is 0 Å². The zero-order valence-electron chi connectivity index (χ0n) is 30.2. The molecule has 0 radical (unpaired) electrons. The van der Waals surface area contributed by atoms with Gasteiger partial charge in [-0.25, -0.2) is 9.97 Å². The van der Waals surface area contributed by atoms with Crippen LogP contribution in [0.15, 0.2) is 152 Å². The summed E-state index contributed by atoms with van der Waals surface area (Å²) >= 11 is 1.77. The Morgan fingerprint density at radius 3 is 2.06 bits per heavy atom. The molecule has 0 aliphatic heterocycles. The van der Waals surface area contributed by atoms with E-state index in [1.165, 1.54) is 59.6 Å². The SMILES string of the molecule is CC.CC1(C)c2ccccc2-c2ccc(-c3cccc4c5cc6ccccc6cc5n(-c5nc(-c6ccccc6)c6sc7ccccc7c6n5)c34)cc21. The van der Waals surface area contributed by atoms with E-state index in [2.05, 4.69) is 170 Å². The van der Waals surface area contributed by atoms with Crippen LogP contribution >= 0.6 is 11.3 Å². The van der Waals surface area contributed by atoms with Crippen molar-refractivity contribution in [1.29, 1.82) is 0 Å². The van der Waals surface area contributed by atoms with Crippen LogP contribution < -0.4 is 0 Å². The van der Waals surface area contributed by atoms with Crippen molar-refractivity contribution in [3.05, 3.63) is 163 Å². The highest BCUT2D eigenvalue weighted by molar-refractivity contribution is 7.26. The summed E-state index contributed by atoms with van der Waals surface area (Å²) in [5, 5.41) is 5.95.